The summed E-state index contributed by atoms with van der Waals surface area (Å²) in [5, 5.41) is 3.32. The van der Waals surface area contributed by atoms with Gasteiger partial charge in [-0.3, -0.25) is 4.90 Å². The molecule has 14 heavy (non-hydrogen) atoms. The fraction of sp³-hybridized carbons (Fsp3) is 1.00. The van der Waals surface area contributed by atoms with Gasteiger partial charge in [-0.05, 0) is 32.7 Å². The molecule has 0 aliphatic carbocycles. The molecule has 0 bridgehead atoms. The normalized spacial score (nSPS) is 30.9. The third-order valence-electron chi connectivity index (χ3n) is 3.36. The highest BCUT2D eigenvalue weighted by atomic mass is 15.2. The number of rotatable bonds is 5. The smallest absolute Gasteiger partial charge is 0.0223 e. The minimum atomic E-state index is 0.755. The van der Waals surface area contributed by atoms with Crippen molar-refractivity contribution < 1.29 is 0 Å². The summed E-state index contributed by atoms with van der Waals surface area (Å²) in [6.45, 7) is 9.48. The van der Waals surface area contributed by atoms with Crippen LogP contribution in [0, 0.1) is 5.92 Å². The Morgan fingerprint density at radius 1 is 1.43 bits per heavy atom. The lowest BCUT2D eigenvalue weighted by molar-refractivity contribution is 0.174. The van der Waals surface area contributed by atoms with Crippen molar-refractivity contribution in [1.29, 1.82) is 0 Å². The highest BCUT2D eigenvalue weighted by molar-refractivity contribution is 4.86. The lowest BCUT2D eigenvalue weighted by atomic mass is 10.1. The summed E-state index contributed by atoms with van der Waals surface area (Å²) in [7, 11) is 2.06. The molecule has 2 nitrogen and oxygen atoms in total. The molecule has 3 unspecified atom stereocenters. The van der Waals surface area contributed by atoms with Gasteiger partial charge < -0.3 is 5.32 Å². The average Bonchev–Trinajstić information content (AvgIpc) is 2.45. The fourth-order valence-corrected chi connectivity index (χ4v) is 2.80. The van der Waals surface area contributed by atoms with E-state index in [-0.39, 0.29) is 0 Å². The Bertz CT molecular complexity index is 152. The Morgan fingerprint density at radius 2 is 2.14 bits per heavy atom. The van der Waals surface area contributed by atoms with E-state index in [1.54, 1.807) is 0 Å². The van der Waals surface area contributed by atoms with Crippen molar-refractivity contribution in [2.45, 2.75) is 52.1 Å². The Hall–Kier alpha value is -0.0800. The molecule has 2 heteroatoms. The zero-order chi connectivity index (χ0) is 10.6. The number of likely N-dealkylation sites (N-methyl/N-ethyl adjacent to an activating group) is 1. The van der Waals surface area contributed by atoms with E-state index in [1.165, 1.54) is 25.8 Å². The van der Waals surface area contributed by atoms with E-state index in [4.69, 9.17) is 0 Å². The van der Waals surface area contributed by atoms with Crippen molar-refractivity contribution >= 4 is 0 Å². The summed E-state index contributed by atoms with van der Waals surface area (Å²) in [6, 6.07) is 1.54. The fourth-order valence-electron chi connectivity index (χ4n) is 2.80. The van der Waals surface area contributed by atoms with Crippen LogP contribution in [0.2, 0.25) is 0 Å². The summed E-state index contributed by atoms with van der Waals surface area (Å²) in [5.41, 5.74) is 0. The molecule has 1 rings (SSSR count). The van der Waals surface area contributed by atoms with E-state index < -0.39 is 0 Å². The summed E-state index contributed by atoms with van der Waals surface area (Å²) in [5.74, 6) is 0.890. The lowest BCUT2D eigenvalue weighted by Crippen LogP contribution is -2.43. The largest absolute Gasteiger partial charge is 0.318 e. The van der Waals surface area contributed by atoms with Crippen LogP contribution in [0.5, 0.6) is 0 Å². The summed E-state index contributed by atoms with van der Waals surface area (Å²) < 4.78 is 0. The van der Waals surface area contributed by atoms with Crippen LogP contribution < -0.4 is 5.32 Å². The molecule has 1 aliphatic rings. The first kappa shape index (κ1) is 12.0. The second-order valence-electron chi connectivity index (χ2n) is 4.89. The van der Waals surface area contributed by atoms with Gasteiger partial charge in [-0.2, -0.15) is 0 Å². The highest BCUT2D eigenvalue weighted by Crippen LogP contribution is 2.25. The summed E-state index contributed by atoms with van der Waals surface area (Å²) in [4.78, 5) is 2.70. The predicted molar refractivity (Wildman–Crippen MR) is 62.6 cm³/mol. The molecule has 0 aromatic carbocycles. The zero-order valence-electron chi connectivity index (χ0n) is 10.2. The average molecular weight is 198 g/mol. The van der Waals surface area contributed by atoms with E-state index in [1.807, 2.05) is 0 Å². The zero-order valence-corrected chi connectivity index (χ0v) is 10.2. The molecule has 0 aromatic rings. The number of hydrogen-bond acceptors (Lipinski definition) is 2. The van der Waals surface area contributed by atoms with Gasteiger partial charge in [0.25, 0.3) is 0 Å². The Morgan fingerprint density at radius 3 is 2.57 bits per heavy atom. The van der Waals surface area contributed by atoms with Gasteiger partial charge in [-0.1, -0.05) is 20.3 Å². The molecule has 1 heterocycles. The third kappa shape index (κ3) is 2.96. The van der Waals surface area contributed by atoms with E-state index in [0.29, 0.717) is 0 Å². The van der Waals surface area contributed by atoms with E-state index in [2.05, 4.69) is 38.0 Å². The minimum Gasteiger partial charge on any atom is -0.318 e. The molecule has 0 spiro atoms. The maximum Gasteiger partial charge on any atom is 0.0223 e. The quantitative estimate of drug-likeness (QED) is 0.728. The molecule has 0 saturated carbocycles. The van der Waals surface area contributed by atoms with Crippen molar-refractivity contribution in [3.05, 3.63) is 0 Å². The predicted octanol–water partition coefficient (Wildman–Crippen LogP) is 2.10. The first-order valence-corrected chi connectivity index (χ1v) is 6.09. The number of nitrogens with zero attached hydrogens (tertiary/aromatic N) is 1. The molecule has 1 N–H and O–H groups in total. The van der Waals surface area contributed by atoms with Crippen LogP contribution in [-0.2, 0) is 0 Å². The molecule has 84 valence electrons. The number of hydrogen-bond donors (Lipinski definition) is 1. The van der Waals surface area contributed by atoms with Gasteiger partial charge in [-0.25, -0.2) is 0 Å². The van der Waals surface area contributed by atoms with Crippen molar-refractivity contribution in [2.24, 2.45) is 5.92 Å². The first-order chi connectivity index (χ1) is 6.69. The van der Waals surface area contributed by atoms with Crippen molar-refractivity contribution in [3.63, 3.8) is 0 Å². The Labute approximate surface area is 89.1 Å². The second-order valence-corrected chi connectivity index (χ2v) is 4.89. The lowest BCUT2D eigenvalue weighted by Gasteiger charge is -2.31. The SMILES string of the molecule is CCCC(CNC)N1CC(C)CC1C. The van der Waals surface area contributed by atoms with Gasteiger partial charge in [0.15, 0.2) is 0 Å². The molecule has 1 saturated heterocycles. The maximum atomic E-state index is 3.32. The molecule has 0 amide bonds. The van der Waals surface area contributed by atoms with Crippen LogP contribution in [0.25, 0.3) is 0 Å². The van der Waals surface area contributed by atoms with Gasteiger partial charge in [0.05, 0.1) is 0 Å². The van der Waals surface area contributed by atoms with E-state index >= 15 is 0 Å². The highest BCUT2D eigenvalue weighted by Gasteiger charge is 2.30. The van der Waals surface area contributed by atoms with Crippen LogP contribution in [0.4, 0.5) is 0 Å². The molecular weight excluding hydrogens is 172 g/mol. The first-order valence-electron chi connectivity index (χ1n) is 6.09. The third-order valence-corrected chi connectivity index (χ3v) is 3.36. The van der Waals surface area contributed by atoms with Gasteiger partial charge in [0.2, 0.25) is 0 Å². The van der Waals surface area contributed by atoms with Crippen LogP contribution in [0.3, 0.4) is 0 Å². The number of likely N-dealkylation sites (tertiary alicyclic amines) is 1. The van der Waals surface area contributed by atoms with Gasteiger partial charge in [0.1, 0.15) is 0 Å². The van der Waals surface area contributed by atoms with Gasteiger partial charge >= 0.3 is 0 Å². The maximum absolute atomic E-state index is 3.32. The van der Waals surface area contributed by atoms with Crippen molar-refractivity contribution in [2.75, 3.05) is 20.1 Å². The van der Waals surface area contributed by atoms with Crippen molar-refractivity contribution in [1.82, 2.24) is 10.2 Å². The second kappa shape index (κ2) is 5.72. The Balaban J connectivity index is 2.49. The van der Waals surface area contributed by atoms with E-state index in [0.717, 1.165) is 24.5 Å². The van der Waals surface area contributed by atoms with Gasteiger partial charge in [0, 0.05) is 25.2 Å². The number of nitrogens with one attached hydrogen (secondary N) is 1. The standard InChI is InChI=1S/C12H26N2/c1-5-6-12(8-13-4)14-9-10(2)7-11(14)3/h10-13H,5-9H2,1-4H3. The van der Waals surface area contributed by atoms with Crippen molar-refractivity contribution in [3.8, 4) is 0 Å². The van der Waals surface area contributed by atoms with Crippen LogP contribution >= 0.6 is 0 Å². The van der Waals surface area contributed by atoms with E-state index in [9.17, 15) is 0 Å². The van der Waals surface area contributed by atoms with Crippen LogP contribution in [0.15, 0.2) is 0 Å². The summed E-state index contributed by atoms with van der Waals surface area (Å²) in [6.07, 6.45) is 4.01. The Kier molecular flexibility index (Phi) is 4.90. The van der Waals surface area contributed by atoms with Crippen LogP contribution in [0.1, 0.15) is 40.0 Å². The molecule has 3 atom stereocenters. The molecule has 1 aliphatic heterocycles. The molecule has 0 radical (unpaired) electrons. The summed E-state index contributed by atoms with van der Waals surface area (Å²) >= 11 is 0. The van der Waals surface area contributed by atoms with Gasteiger partial charge in [-0.15, -0.1) is 0 Å². The minimum absolute atomic E-state index is 0.755. The molecular formula is C12H26N2. The molecule has 1 fully saturated rings. The monoisotopic (exact) mass is 198 g/mol. The topological polar surface area (TPSA) is 15.3 Å². The molecule has 0 aromatic heterocycles. The van der Waals surface area contributed by atoms with Crippen LogP contribution in [-0.4, -0.2) is 37.1 Å².